The van der Waals surface area contributed by atoms with Crippen molar-refractivity contribution in [3.63, 3.8) is 0 Å². The maximum absolute atomic E-state index is 12.9. The number of hydrogen-bond donors (Lipinski definition) is 1. The van der Waals surface area contributed by atoms with Gasteiger partial charge in [-0.25, -0.2) is 9.37 Å². The highest BCUT2D eigenvalue weighted by atomic mass is 35.5. The van der Waals surface area contributed by atoms with Gasteiger partial charge in [-0.15, -0.1) is 0 Å². The highest BCUT2D eigenvalue weighted by Crippen LogP contribution is 2.31. The highest BCUT2D eigenvalue weighted by Gasteiger charge is 2.11. The van der Waals surface area contributed by atoms with Crippen LogP contribution in [0.15, 0.2) is 36.5 Å². The molecule has 1 atom stereocenters. The molecule has 18 heavy (non-hydrogen) atoms. The zero-order chi connectivity index (χ0) is 13.1. The molecule has 2 N–H and O–H groups in total. The summed E-state index contributed by atoms with van der Waals surface area (Å²) in [5, 5.41) is 0.191. The summed E-state index contributed by atoms with van der Waals surface area (Å²) in [6.45, 7) is 1.83. The number of aromatic nitrogens is 1. The average Bonchev–Trinajstić information content (AvgIpc) is 2.33. The number of benzene rings is 1. The van der Waals surface area contributed by atoms with E-state index in [0.717, 1.165) is 5.56 Å². The fourth-order valence-electron chi connectivity index (χ4n) is 1.50. The van der Waals surface area contributed by atoms with Crippen LogP contribution in [0.4, 0.5) is 4.39 Å². The Labute approximate surface area is 109 Å². The highest BCUT2D eigenvalue weighted by molar-refractivity contribution is 6.32. The SMILES string of the molecule is C[C@@H](N)c1cccnc1Oc1ccc(F)cc1Cl. The Bertz CT molecular complexity index is 560. The lowest BCUT2D eigenvalue weighted by Crippen LogP contribution is -2.07. The quantitative estimate of drug-likeness (QED) is 0.922. The molecule has 3 nitrogen and oxygen atoms in total. The molecule has 1 aromatic carbocycles. The lowest BCUT2D eigenvalue weighted by Gasteiger charge is -2.12. The van der Waals surface area contributed by atoms with Crippen molar-refractivity contribution >= 4 is 11.6 Å². The van der Waals surface area contributed by atoms with Crippen LogP contribution in [0.1, 0.15) is 18.5 Å². The summed E-state index contributed by atoms with van der Waals surface area (Å²) in [6, 6.07) is 7.30. The molecule has 0 fully saturated rings. The molecule has 1 aromatic heterocycles. The van der Waals surface area contributed by atoms with Gasteiger partial charge in [0, 0.05) is 17.8 Å². The van der Waals surface area contributed by atoms with E-state index in [1.165, 1.54) is 18.2 Å². The average molecular weight is 267 g/mol. The summed E-state index contributed by atoms with van der Waals surface area (Å²) in [7, 11) is 0. The van der Waals surface area contributed by atoms with E-state index in [9.17, 15) is 4.39 Å². The summed E-state index contributed by atoms with van der Waals surface area (Å²) in [5.41, 5.74) is 6.58. The maximum Gasteiger partial charge on any atom is 0.224 e. The number of hydrogen-bond acceptors (Lipinski definition) is 3. The van der Waals surface area contributed by atoms with Crippen molar-refractivity contribution in [2.24, 2.45) is 5.73 Å². The standard InChI is InChI=1S/C13H12ClFN2O/c1-8(16)10-3-2-6-17-13(10)18-12-5-4-9(15)7-11(12)14/h2-8H,16H2,1H3/t8-/m1/s1. The van der Waals surface area contributed by atoms with Gasteiger partial charge >= 0.3 is 0 Å². The molecule has 0 radical (unpaired) electrons. The predicted molar refractivity (Wildman–Crippen MR) is 68.3 cm³/mol. The lowest BCUT2D eigenvalue weighted by atomic mass is 10.1. The Balaban J connectivity index is 2.34. The van der Waals surface area contributed by atoms with Gasteiger partial charge in [0.05, 0.1) is 5.02 Å². The second-order valence-electron chi connectivity index (χ2n) is 3.86. The summed E-state index contributed by atoms with van der Waals surface area (Å²) in [6.07, 6.45) is 1.60. The van der Waals surface area contributed by atoms with E-state index < -0.39 is 5.82 Å². The van der Waals surface area contributed by atoms with Gasteiger partial charge in [0.1, 0.15) is 11.6 Å². The van der Waals surface area contributed by atoms with E-state index in [2.05, 4.69) is 4.98 Å². The van der Waals surface area contributed by atoms with Gasteiger partial charge in [-0.2, -0.15) is 0 Å². The Kier molecular flexibility index (Phi) is 3.79. The van der Waals surface area contributed by atoms with Crippen LogP contribution in [0.25, 0.3) is 0 Å². The van der Waals surface area contributed by atoms with Crippen LogP contribution in [0.2, 0.25) is 5.02 Å². The van der Waals surface area contributed by atoms with Crippen molar-refractivity contribution in [2.45, 2.75) is 13.0 Å². The van der Waals surface area contributed by atoms with E-state index in [-0.39, 0.29) is 11.1 Å². The first kappa shape index (κ1) is 12.8. The fourth-order valence-corrected chi connectivity index (χ4v) is 1.70. The molecule has 0 amide bonds. The molecule has 1 heterocycles. The number of pyridine rings is 1. The van der Waals surface area contributed by atoms with Crippen LogP contribution in [0.5, 0.6) is 11.6 Å². The van der Waals surface area contributed by atoms with Crippen molar-refractivity contribution in [2.75, 3.05) is 0 Å². The Morgan fingerprint density at radius 2 is 2.17 bits per heavy atom. The van der Waals surface area contributed by atoms with Crippen LogP contribution in [-0.4, -0.2) is 4.98 Å². The second kappa shape index (κ2) is 5.33. The topological polar surface area (TPSA) is 48.1 Å². The van der Waals surface area contributed by atoms with Crippen molar-refractivity contribution in [3.05, 3.63) is 52.9 Å². The number of nitrogens with zero attached hydrogens (tertiary/aromatic N) is 1. The molecule has 0 aliphatic carbocycles. The summed E-state index contributed by atoms with van der Waals surface area (Å²) >= 11 is 5.89. The van der Waals surface area contributed by atoms with Gasteiger partial charge in [0.25, 0.3) is 0 Å². The third kappa shape index (κ3) is 2.78. The number of rotatable bonds is 3. The monoisotopic (exact) mass is 266 g/mol. The summed E-state index contributed by atoms with van der Waals surface area (Å²) in [5.74, 6) is 0.306. The van der Waals surface area contributed by atoms with Crippen LogP contribution < -0.4 is 10.5 Å². The molecule has 5 heteroatoms. The first-order valence-corrected chi connectivity index (χ1v) is 5.79. The molecule has 2 aromatic rings. The molecular formula is C13H12ClFN2O. The van der Waals surface area contributed by atoms with Gasteiger partial charge in [-0.3, -0.25) is 0 Å². The lowest BCUT2D eigenvalue weighted by molar-refractivity contribution is 0.451. The van der Waals surface area contributed by atoms with E-state index in [1.807, 2.05) is 13.0 Å². The first-order chi connectivity index (χ1) is 8.58. The normalized spacial score (nSPS) is 12.2. The van der Waals surface area contributed by atoms with E-state index in [0.29, 0.717) is 11.6 Å². The first-order valence-electron chi connectivity index (χ1n) is 5.41. The second-order valence-corrected chi connectivity index (χ2v) is 4.27. The molecule has 0 saturated carbocycles. The Morgan fingerprint density at radius 3 is 2.83 bits per heavy atom. The van der Waals surface area contributed by atoms with Gasteiger partial charge in [-0.05, 0) is 31.2 Å². The van der Waals surface area contributed by atoms with Gasteiger partial charge in [-0.1, -0.05) is 17.7 Å². The minimum Gasteiger partial charge on any atom is -0.437 e. The third-order valence-electron chi connectivity index (χ3n) is 2.39. The third-order valence-corrected chi connectivity index (χ3v) is 2.69. The van der Waals surface area contributed by atoms with Crippen LogP contribution in [0, 0.1) is 5.82 Å². The fraction of sp³-hybridized carbons (Fsp3) is 0.154. The van der Waals surface area contributed by atoms with Crippen molar-refractivity contribution in [3.8, 4) is 11.6 Å². The van der Waals surface area contributed by atoms with Gasteiger partial charge in [0.15, 0.2) is 0 Å². The summed E-state index contributed by atoms with van der Waals surface area (Å²) < 4.78 is 18.5. The Hall–Kier alpha value is -1.65. The largest absolute Gasteiger partial charge is 0.437 e. The number of nitrogens with two attached hydrogens (primary N) is 1. The zero-order valence-corrected chi connectivity index (χ0v) is 10.5. The molecule has 0 aliphatic heterocycles. The molecule has 0 unspecified atom stereocenters. The maximum atomic E-state index is 12.9. The van der Waals surface area contributed by atoms with Crippen LogP contribution >= 0.6 is 11.6 Å². The van der Waals surface area contributed by atoms with Gasteiger partial charge < -0.3 is 10.5 Å². The molecule has 0 spiro atoms. The molecule has 0 aliphatic rings. The minimum atomic E-state index is -0.416. The van der Waals surface area contributed by atoms with E-state index >= 15 is 0 Å². The van der Waals surface area contributed by atoms with Crippen LogP contribution in [0.3, 0.4) is 0 Å². The zero-order valence-electron chi connectivity index (χ0n) is 9.73. The molecule has 94 valence electrons. The Morgan fingerprint density at radius 1 is 1.39 bits per heavy atom. The molecule has 0 saturated heterocycles. The van der Waals surface area contributed by atoms with E-state index in [4.69, 9.17) is 22.1 Å². The smallest absolute Gasteiger partial charge is 0.224 e. The van der Waals surface area contributed by atoms with E-state index in [1.54, 1.807) is 12.3 Å². The molecule has 0 bridgehead atoms. The molecular weight excluding hydrogens is 255 g/mol. The van der Waals surface area contributed by atoms with Crippen molar-refractivity contribution in [1.29, 1.82) is 0 Å². The number of ether oxygens (including phenoxy) is 1. The number of halogens is 2. The predicted octanol–water partition coefficient (Wildman–Crippen LogP) is 3.69. The molecule has 2 rings (SSSR count). The summed E-state index contributed by atoms with van der Waals surface area (Å²) in [4.78, 5) is 4.10. The van der Waals surface area contributed by atoms with Gasteiger partial charge in [0.2, 0.25) is 5.88 Å². The van der Waals surface area contributed by atoms with Crippen molar-refractivity contribution in [1.82, 2.24) is 4.98 Å². The van der Waals surface area contributed by atoms with Crippen LogP contribution in [-0.2, 0) is 0 Å². The minimum absolute atomic E-state index is 0.191. The van der Waals surface area contributed by atoms with Crippen molar-refractivity contribution < 1.29 is 9.13 Å².